The average Bonchev–Trinajstić information content (AvgIpc) is 2.89. The molecule has 0 aliphatic carbocycles. The Morgan fingerprint density at radius 3 is 2.27 bits per heavy atom. The molecule has 1 heterocycles. The van der Waals surface area contributed by atoms with Gasteiger partial charge in [0.05, 0.1) is 4.92 Å². The van der Waals surface area contributed by atoms with Crippen molar-refractivity contribution in [2.24, 2.45) is 7.05 Å². The predicted octanol–water partition coefficient (Wildman–Crippen LogP) is 4.19. The zero-order chi connectivity index (χ0) is 15.5. The number of aromatic nitrogens is 1. The number of hydrogen-bond donors (Lipinski definition) is 0. The molecule has 2 aromatic carbocycles. The average molecular weight is 292 g/mol. The summed E-state index contributed by atoms with van der Waals surface area (Å²) >= 11 is 0. The van der Waals surface area contributed by atoms with Gasteiger partial charge in [-0.25, -0.2) is 0 Å². The summed E-state index contributed by atoms with van der Waals surface area (Å²) < 4.78 is 2.13. The molecule has 1 aromatic heterocycles. The maximum absolute atomic E-state index is 10.7. The van der Waals surface area contributed by atoms with Gasteiger partial charge in [0.1, 0.15) is 0 Å². The van der Waals surface area contributed by atoms with Crippen molar-refractivity contribution in [2.45, 2.75) is 6.42 Å². The molecule has 0 amide bonds. The molecule has 0 N–H and O–H groups in total. The second kappa shape index (κ2) is 5.85. The maximum Gasteiger partial charge on any atom is 0.269 e. The summed E-state index contributed by atoms with van der Waals surface area (Å²) in [6.45, 7) is 0. The number of nitro benzene ring substituents is 1. The van der Waals surface area contributed by atoms with Gasteiger partial charge in [-0.15, -0.1) is 0 Å². The van der Waals surface area contributed by atoms with Gasteiger partial charge in [0.15, 0.2) is 0 Å². The SMILES string of the molecule is Cn1c(Cc2ccccc2)ccc1-c1ccc([N+](=O)[O-])cc1. The van der Waals surface area contributed by atoms with Crippen molar-refractivity contribution in [3.63, 3.8) is 0 Å². The normalized spacial score (nSPS) is 10.6. The van der Waals surface area contributed by atoms with Gasteiger partial charge in [0.2, 0.25) is 0 Å². The number of rotatable bonds is 4. The quantitative estimate of drug-likeness (QED) is 0.534. The zero-order valence-corrected chi connectivity index (χ0v) is 12.3. The molecule has 4 heteroatoms. The second-order valence-corrected chi connectivity index (χ2v) is 5.24. The molecule has 0 fully saturated rings. The van der Waals surface area contributed by atoms with Crippen LogP contribution in [0.25, 0.3) is 11.3 Å². The molecule has 110 valence electrons. The first-order valence-corrected chi connectivity index (χ1v) is 7.08. The molecule has 0 radical (unpaired) electrons. The van der Waals surface area contributed by atoms with Gasteiger partial charge in [0.25, 0.3) is 5.69 Å². The first-order chi connectivity index (χ1) is 10.6. The van der Waals surface area contributed by atoms with Crippen LogP contribution in [0, 0.1) is 10.1 Å². The van der Waals surface area contributed by atoms with Crippen molar-refractivity contribution in [3.05, 3.63) is 88.1 Å². The standard InChI is InChI=1S/C18H16N2O2/c1-19-17(13-14-5-3-2-4-6-14)11-12-18(19)15-7-9-16(10-8-15)20(21)22/h2-12H,13H2,1H3. The maximum atomic E-state index is 10.7. The van der Waals surface area contributed by atoms with Crippen molar-refractivity contribution in [1.82, 2.24) is 4.57 Å². The zero-order valence-electron chi connectivity index (χ0n) is 12.3. The van der Waals surface area contributed by atoms with Crippen molar-refractivity contribution in [1.29, 1.82) is 0 Å². The molecule has 4 nitrogen and oxygen atoms in total. The molecule has 3 rings (SSSR count). The topological polar surface area (TPSA) is 48.1 Å². The van der Waals surface area contributed by atoms with E-state index in [1.54, 1.807) is 24.3 Å². The Morgan fingerprint density at radius 1 is 0.955 bits per heavy atom. The molecule has 0 saturated carbocycles. The molecule has 0 spiro atoms. The van der Waals surface area contributed by atoms with Crippen LogP contribution in [-0.2, 0) is 13.5 Å². The summed E-state index contributed by atoms with van der Waals surface area (Å²) in [5.74, 6) is 0. The fraction of sp³-hybridized carbons (Fsp3) is 0.111. The van der Waals surface area contributed by atoms with Gasteiger partial charge >= 0.3 is 0 Å². The van der Waals surface area contributed by atoms with E-state index in [1.165, 1.54) is 11.3 Å². The van der Waals surface area contributed by atoms with E-state index in [1.807, 2.05) is 25.2 Å². The van der Waals surface area contributed by atoms with E-state index in [0.29, 0.717) is 0 Å². The number of benzene rings is 2. The molecule has 3 aromatic rings. The van der Waals surface area contributed by atoms with Crippen LogP contribution in [0.4, 0.5) is 5.69 Å². The lowest BCUT2D eigenvalue weighted by Gasteiger charge is -2.08. The van der Waals surface area contributed by atoms with E-state index in [-0.39, 0.29) is 10.6 Å². The summed E-state index contributed by atoms with van der Waals surface area (Å²) in [5, 5.41) is 10.7. The Bertz CT molecular complexity index is 790. The third-order valence-electron chi connectivity index (χ3n) is 3.83. The summed E-state index contributed by atoms with van der Waals surface area (Å²) in [6, 6.07) is 21.1. The monoisotopic (exact) mass is 292 g/mol. The van der Waals surface area contributed by atoms with E-state index in [4.69, 9.17) is 0 Å². The largest absolute Gasteiger partial charge is 0.347 e. The van der Waals surface area contributed by atoms with Crippen molar-refractivity contribution < 1.29 is 4.92 Å². The fourth-order valence-electron chi connectivity index (χ4n) is 2.58. The second-order valence-electron chi connectivity index (χ2n) is 5.24. The summed E-state index contributed by atoms with van der Waals surface area (Å²) in [6.07, 6.45) is 0.865. The molecular weight excluding hydrogens is 276 g/mol. The fourth-order valence-corrected chi connectivity index (χ4v) is 2.58. The molecule has 0 unspecified atom stereocenters. The van der Waals surface area contributed by atoms with Crippen molar-refractivity contribution in [3.8, 4) is 11.3 Å². The Balaban J connectivity index is 1.88. The molecule has 0 aliphatic rings. The number of non-ortho nitro benzene ring substituents is 1. The lowest BCUT2D eigenvalue weighted by Crippen LogP contribution is -1.99. The highest BCUT2D eigenvalue weighted by molar-refractivity contribution is 5.62. The van der Waals surface area contributed by atoms with Gasteiger partial charge in [-0.2, -0.15) is 0 Å². The minimum Gasteiger partial charge on any atom is -0.347 e. The summed E-state index contributed by atoms with van der Waals surface area (Å²) in [4.78, 5) is 10.3. The van der Waals surface area contributed by atoms with Crippen LogP contribution in [0.3, 0.4) is 0 Å². The highest BCUT2D eigenvalue weighted by Gasteiger charge is 2.10. The molecule has 0 atom stereocenters. The third kappa shape index (κ3) is 2.76. The highest BCUT2D eigenvalue weighted by atomic mass is 16.6. The lowest BCUT2D eigenvalue weighted by atomic mass is 10.1. The minimum atomic E-state index is -0.379. The van der Waals surface area contributed by atoms with Gasteiger partial charge in [-0.3, -0.25) is 10.1 Å². The number of nitrogens with zero attached hydrogens (tertiary/aromatic N) is 2. The van der Waals surface area contributed by atoms with Crippen LogP contribution in [0.2, 0.25) is 0 Å². The van der Waals surface area contributed by atoms with Crippen LogP contribution in [-0.4, -0.2) is 9.49 Å². The minimum absolute atomic E-state index is 0.113. The number of nitro groups is 1. The lowest BCUT2D eigenvalue weighted by molar-refractivity contribution is -0.384. The Morgan fingerprint density at radius 2 is 1.64 bits per heavy atom. The summed E-state index contributed by atoms with van der Waals surface area (Å²) in [7, 11) is 2.02. The Hall–Kier alpha value is -2.88. The van der Waals surface area contributed by atoms with E-state index >= 15 is 0 Å². The molecule has 0 bridgehead atoms. The van der Waals surface area contributed by atoms with E-state index in [2.05, 4.69) is 28.8 Å². The smallest absolute Gasteiger partial charge is 0.269 e. The van der Waals surface area contributed by atoms with Crippen LogP contribution in [0.1, 0.15) is 11.3 Å². The Labute approximate surface area is 128 Å². The van der Waals surface area contributed by atoms with E-state index in [0.717, 1.165) is 17.7 Å². The van der Waals surface area contributed by atoms with Crippen LogP contribution in [0.5, 0.6) is 0 Å². The van der Waals surface area contributed by atoms with Crippen LogP contribution < -0.4 is 0 Å². The Kier molecular flexibility index (Phi) is 3.74. The van der Waals surface area contributed by atoms with Gasteiger partial charge < -0.3 is 4.57 Å². The van der Waals surface area contributed by atoms with Gasteiger partial charge in [-0.05, 0) is 35.4 Å². The van der Waals surface area contributed by atoms with Crippen molar-refractivity contribution >= 4 is 5.69 Å². The van der Waals surface area contributed by atoms with E-state index < -0.39 is 0 Å². The summed E-state index contributed by atoms with van der Waals surface area (Å²) in [5.41, 5.74) is 4.62. The third-order valence-corrected chi connectivity index (χ3v) is 3.83. The molecule has 22 heavy (non-hydrogen) atoms. The molecular formula is C18H16N2O2. The molecule has 0 saturated heterocycles. The predicted molar refractivity (Wildman–Crippen MR) is 86.8 cm³/mol. The van der Waals surface area contributed by atoms with Crippen LogP contribution in [0.15, 0.2) is 66.7 Å². The number of hydrogen-bond acceptors (Lipinski definition) is 2. The first-order valence-electron chi connectivity index (χ1n) is 7.08. The van der Waals surface area contributed by atoms with Gasteiger partial charge in [-0.1, -0.05) is 30.3 Å². The highest BCUT2D eigenvalue weighted by Crippen LogP contribution is 2.25. The van der Waals surface area contributed by atoms with Crippen LogP contribution >= 0.6 is 0 Å². The first kappa shape index (κ1) is 14.1. The molecule has 0 aliphatic heterocycles. The van der Waals surface area contributed by atoms with Crippen molar-refractivity contribution in [2.75, 3.05) is 0 Å². The van der Waals surface area contributed by atoms with E-state index in [9.17, 15) is 10.1 Å². The van der Waals surface area contributed by atoms with Gasteiger partial charge in [0, 0.05) is 37.0 Å².